The molecule has 2 atom stereocenters. The summed E-state index contributed by atoms with van der Waals surface area (Å²) in [5.41, 5.74) is 19.8. The first kappa shape index (κ1) is 31.2. The van der Waals surface area contributed by atoms with Gasteiger partial charge in [-0.05, 0) is 30.5 Å². The van der Waals surface area contributed by atoms with Gasteiger partial charge < -0.3 is 32.7 Å². The Balaban J connectivity index is 1.63. The van der Waals surface area contributed by atoms with Crippen LogP contribution in [0.3, 0.4) is 0 Å². The molecule has 0 unspecified atom stereocenters. The Morgan fingerprint density at radius 2 is 1.73 bits per heavy atom. The fourth-order valence-corrected chi connectivity index (χ4v) is 5.04. The van der Waals surface area contributed by atoms with Crippen molar-refractivity contribution in [2.75, 3.05) is 26.2 Å². The van der Waals surface area contributed by atoms with Crippen molar-refractivity contribution < 1.29 is 14.4 Å². The number of carbonyl (C=O) groups excluding carboxylic acids is 3. The molecule has 0 saturated heterocycles. The molecule has 3 aromatic rings. The maximum absolute atomic E-state index is 13.2. The quantitative estimate of drug-likeness (QED) is 0.181. The van der Waals surface area contributed by atoms with E-state index in [0.717, 1.165) is 16.1 Å². The third kappa shape index (κ3) is 9.68. The molecule has 2 aromatic carbocycles. The minimum absolute atomic E-state index is 0.186. The normalized spacial score (nSPS) is 12.4. The van der Waals surface area contributed by atoms with E-state index in [4.69, 9.17) is 28.8 Å². The summed E-state index contributed by atoms with van der Waals surface area (Å²) in [6.45, 7) is 1.37. The predicted molar refractivity (Wildman–Crippen MR) is 158 cm³/mol. The van der Waals surface area contributed by atoms with E-state index < -0.39 is 18.0 Å². The lowest BCUT2D eigenvalue weighted by molar-refractivity contribution is -0.135. The van der Waals surface area contributed by atoms with Gasteiger partial charge in [0.15, 0.2) is 0 Å². The highest BCUT2D eigenvalue weighted by Gasteiger charge is 2.26. The molecular weight excluding hydrogens is 550 g/mol. The number of nitrogens with one attached hydrogen (secondary N) is 2. The molecule has 0 spiro atoms. The summed E-state index contributed by atoms with van der Waals surface area (Å²) in [7, 11) is 0. The van der Waals surface area contributed by atoms with Gasteiger partial charge in [0.25, 0.3) is 0 Å². The molecule has 1 heterocycles. The highest BCUT2D eigenvalue weighted by atomic mass is 35.5. The molecule has 0 aliphatic heterocycles. The summed E-state index contributed by atoms with van der Waals surface area (Å²) in [6, 6.07) is 15.1. The van der Waals surface area contributed by atoms with Crippen molar-refractivity contribution in [1.29, 1.82) is 0 Å². The number of benzene rings is 2. The van der Waals surface area contributed by atoms with Crippen LogP contribution in [0.4, 0.5) is 0 Å². The summed E-state index contributed by atoms with van der Waals surface area (Å²) in [4.78, 5) is 44.8. The largest absolute Gasteiger partial charge is 0.349 e. The van der Waals surface area contributed by atoms with Crippen molar-refractivity contribution in [1.82, 2.24) is 20.5 Å². The number of amides is 3. The van der Waals surface area contributed by atoms with Crippen molar-refractivity contribution in [2.24, 2.45) is 17.2 Å². The zero-order valence-corrected chi connectivity index (χ0v) is 23.8. The molecule has 0 bridgehead atoms. The lowest BCUT2D eigenvalue weighted by Gasteiger charge is -2.24. The van der Waals surface area contributed by atoms with Gasteiger partial charge in [0.2, 0.25) is 17.7 Å². The maximum atomic E-state index is 13.2. The van der Waals surface area contributed by atoms with Gasteiger partial charge in [-0.25, -0.2) is 4.98 Å². The van der Waals surface area contributed by atoms with Crippen molar-refractivity contribution in [3.05, 3.63) is 76.3 Å². The zero-order chi connectivity index (χ0) is 28.9. The topological polar surface area (TPSA) is 169 Å². The van der Waals surface area contributed by atoms with Crippen LogP contribution >= 0.6 is 22.9 Å². The average molecular weight is 586 g/mol. The number of rotatable bonds is 15. The number of carbonyl (C=O) groups is 3. The molecule has 214 valence electrons. The van der Waals surface area contributed by atoms with Gasteiger partial charge in [0.1, 0.15) is 11.0 Å². The number of hydrogen-bond donors (Lipinski definition) is 5. The Hall–Kier alpha value is -3.35. The van der Waals surface area contributed by atoms with Gasteiger partial charge in [-0.15, -0.1) is 11.3 Å². The van der Waals surface area contributed by atoms with E-state index in [1.807, 2.05) is 53.9 Å². The van der Waals surface area contributed by atoms with Crippen molar-refractivity contribution in [3.8, 4) is 10.6 Å². The second-order valence-corrected chi connectivity index (χ2v) is 10.5. The summed E-state index contributed by atoms with van der Waals surface area (Å²) >= 11 is 7.54. The standard InChI is InChI=1S/C28H36ClN7O3S/c29-21-8-4-7-20(15-21)28-34-22(18-40-28)17-33-27(39)24(10-9-19-5-2-1-3-6-19)35-26(38)23(32)16-25(37)36(13-11-30)14-12-31/h1-8,15,18,23-24H,9-14,16-17,30-32H2,(H,33,39)(H,35,38)/t23-,24-/m0/s1. The molecule has 3 amide bonds. The summed E-state index contributed by atoms with van der Waals surface area (Å²) in [6.07, 6.45) is 0.688. The van der Waals surface area contributed by atoms with Crippen LogP contribution in [0.5, 0.6) is 0 Å². The number of aryl methyl sites for hydroxylation is 1. The molecule has 0 aliphatic carbocycles. The van der Waals surface area contributed by atoms with Gasteiger partial charge in [0.05, 0.1) is 24.7 Å². The van der Waals surface area contributed by atoms with Crippen LogP contribution in [0.2, 0.25) is 5.02 Å². The van der Waals surface area contributed by atoms with E-state index in [1.54, 1.807) is 6.07 Å². The smallest absolute Gasteiger partial charge is 0.242 e. The molecule has 0 saturated carbocycles. The highest BCUT2D eigenvalue weighted by molar-refractivity contribution is 7.13. The van der Waals surface area contributed by atoms with Crippen molar-refractivity contribution in [2.45, 2.75) is 37.9 Å². The number of aromatic nitrogens is 1. The number of nitrogens with two attached hydrogens (primary N) is 3. The molecule has 3 rings (SSSR count). The minimum Gasteiger partial charge on any atom is -0.349 e. The number of thiazole rings is 1. The molecule has 12 heteroatoms. The summed E-state index contributed by atoms with van der Waals surface area (Å²) < 4.78 is 0. The van der Waals surface area contributed by atoms with Crippen LogP contribution < -0.4 is 27.8 Å². The molecule has 8 N–H and O–H groups in total. The number of nitrogens with zero attached hydrogens (tertiary/aromatic N) is 2. The molecule has 1 aromatic heterocycles. The van der Waals surface area contributed by atoms with Gasteiger partial charge in [-0.3, -0.25) is 14.4 Å². The van der Waals surface area contributed by atoms with Crippen LogP contribution in [-0.4, -0.2) is 65.9 Å². The number of hydrogen-bond acceptors (Lipinski definition) is 8. The maximum Gasteiger partial charge on any atom is 0.242 e. The van der Waals surface area contributed by atoms with Crippen molar-refractivity contribution >= 4 is 40.7 Å². The fourth-order valence-electron chi connectivity index (χ4n) is 4.03. The summed E-state index contributed by atoms with van der Waals surface area (Å²) in [5.74, 6) is -1.27. The van der Waals surface area contributed by atoms with Crippen LogP contribution in [0.25, 0.3) is 10.6 Å². The number of halogens is 1. The Bertz CT molecular complexity index is 1250. The van der Waals surface area contributed by atoms with Crippen LogP contribution in [-0.2, 0) is 27.3 Å². The van der Waals surface area contributed by atoms with Crippen LogP contribution in [0.1, 0.15) is 24.1 Å². The third-order valence-corrected chi connectivity index (χ3v) is 7.32. The Labute approximate surface area is 243 Å². The van der Waals surface area contributed by atoms with E-state index in [0.29, 0.717) is 36.6 Å². The monoisotopic (exact) mass is 585 g/mol. The Kier molecular flexibility index (Phi) is 12.5. The first-order valence-corrected chi connectivity index (χ1v) is 14.3. The van der Waals surface area contributed by atoms with E-state index in [1.165, 1.54) is 16.2 Å². The van der Waals surface area contributed by atoms with Crippen LogP contribution in [0, 0.1) is 0 Å². The molecule has 40 heavy (non-hydrogen) atoms. The first-order chi connectivity index (χ1) is 19.3. The van der Waals surface area contributed by atoms with Gasteiger partial charge in [-0.1, -0.05) is 54.1 Å². The summed E-state index contributed by atoms with van der Waals surface area (Å²) in [5, 5.41) is 8.88. The van der Waals surface area contributed by atoms with Crippen LogP contribution in [0.15, 0.2) is 60.0 Å². The second-order valence-electron chi connectivity index (χ2n) is 9.23. The molecule has 10 nitrogen and oxygen atoms in total. The van der Waals surface area contributed by atoms with Gasteiger partial charge >= 0.3 is 0 Å². The molecule has 0 fully saturated rings. The highest BCUT2D eigenvalue weighted by Crippen LogP contribution is 2.26. The van der Waals surface area contributed by atoms with Gasteiger partial charge in [0, 0.05) is 42.1 Å². The average Bonchev–Trinajstić information content (AvgIpc) is 3.43. The fraction of sp³-hybridized carbons (Fsp3) is 0.357. The lowest BCUT2D eigenvalue weighted by Crippen LogP contribution is -2.53. The van der Waals surface area contributed by atoms with E-state index >= 15 is 0 Å². The van der Waals surface area contributed by atoms with Gasteiger partial charge in [-0.2, -0.15) is 0 Å². The van der Waals surface area contributed by atoms with Crippen molar-refractivity contribution in [3.63, 3.8) is 0 Å². The first-order valence-electron chi connectivity index (χ1n) is 13.1. The van der Waals surface area contributed by atoms with E-state index in [-0.39, 0.29) is 37.9 Å². The Morgan fingerprint density at radius 3 is 2.40 bits per heavy atom. The lowest BCUT2D eigenvalue weighted by atomic mass is 10.0. The molecule has 0 radical (unpaired) electrons. The zero-order valence-electron chi connectivity index (χ0n) is 22.2. The Morgan fingerprint density at radius 1 is 1.00 bits per heavy atom. The SMILES string of the molecule is NCCN(CCN)C(=O)C[C@H](N)C(=O)N[C@@H](CCc1ccccc1)C(=O)NCc1csc(-c2cccc(Cl)c2)n1. The molecule has 0 aliphatic rings. The van der Waals surface area contributed by atoms with E-state index in [2.05, 4.69) is 15.6 Å². The second kappa shape index (κ2) is 16.0. The minimum atomic E-state index is -1.13. The van der Waals surface area contributed by atoms with E-state index in [9.17, 15) is 14.4 Å². The molecular formula is C28H36ClN7O3S. The predicted octanol–water partition coefficient (Wildman–Crippen LogP) is 1.66. The third-order valence-electron chi connectivity index (χ3n) is 6.15.